The van der Waals surface area contributed by atoms with Crippen molar-refractivity contribution in [3.8, 4) is 5.75 Å². The van der Waals surface area contributed by atoms with E-state index in [-0.39, 0.29) is 6.42 Å². The summed E-state index contributed by atoms with van der Waals surface area (Å²) in [6.45, 7) is 0.372. The van der Waals surface area contributed by atoms with Crippen molar-refractivity contribution in [2.24, 2.45) is 0 Å². The summed E-state index contributed by atoms with van der Waals surface area (Å²) in [6, 6.07) is 14.7. The molecular formula is C17H15ClO4. The van der Waals surface area contributed by atoms with E-state index in [1.54, 1.807) is 12.1 Å². The summed E-state index contributed by atoms with van der Waals surface area (Å²) < 4.78 is 5.65. The van der Waals surface area contributed by atoms with Crippen LogP contribution < -0.4 is 4.74 Å². The summed E-state index contributed by atoms with van der Waals surface area (Å²) in [5.74, 6) is -1.48. The Morgan fingerprint density at radius 1 is 1.05 bits per heavy atom. The smallest absolute Gasteiger partial charge is 0.372 e. The number of benzene rings is 2. The lowest BCUT2D eigenvalue weighted by atomic mass is 10.1. The molecule has 2 aromatic rings. The Hall–Kier alpha value is -2.33. The molecule has 0 aliphatic heterocycles. The molecule has 4 nitrogen and oxygen atoms in total. The second-order valence-corrected chi connectivity index (χ2v) is 5.16. The molecule has 2 aromatic carbocycles. The zero-order valence-electron chi connectivity index (χ0n) is 11.8. The largest absolute Gasteiger partial charge is 0.489 e. The molecule has 0 amide bonds. The van der Waals surface area contributed by atoms with Crippen molar-refractivity contribution in [2.75, 3.05) is 0 Å². The first-order chi connectivity index (χ1) is 10.6. The van der Waals surface area contributed by atoms with Crippen LogP contribution in [0.1, 0.15) is 17.5 Å². The lowest BCUT2D eigenvalue weighted by Crippen LogP contribution is -2.12. The molecule has 0 aliphatic rings. The van der Waals surface area contributed by atoms with Crippen LogP contribution in [0.2, 0.25) is 5.02 Å². The molecule has 5 heteroatoms. The Labute approximate surface area is 133 Å². The maximum atomic E-state index is 11.0. The Morgan fingerprint density at radius 2 is 1.73 bits per heavy atom. The van der Waals surface area contributed by atoms with Crippen molar-refractivity contribution < 1.29 is 19.4 Å². The van der Waals surface area contributed by atoms with Gasteiger partial charge in [0.1, 0.15) is 12.4 Å². The standard InChI is InChI=1S/C17H15ClO4/c18-15-4-2-1-3-13(15)11-22-14-8-5-12(6-9-14)7-10-16(19)17(20)21/h1-6,8-9H,7,10-11H2,(H,20,21). The first-order valence-corrected chi connectivity index (χ1v) is 7.15. The highest BCUT2D eigenvalue weighted by molar-refractivity contribution is 6.32. The molecule has 0 radical (unpaired) electrons. The average Bonchev–Trinajstić information content (AvgIpc) is 2.52. The number of carbonyl (C=O) groups is 2. The molecule has 1 N–H and O–H groups in total. The molecule has 0 aromatic heterocycles. The van der Waals surface area contributed by atoms with Gasteiger partial charge in [0.2, 0.25) is 5.78 Å². The first kappa shape index (κ1) is 16.0. The van der Waals surface area contributed by atoms with Gasteiger partial charge in [-0.05, 0) is 30.2 Å². The van der Waals surface area contributed by atoms with Gasteiger partial charge in [0.15, 0.2) is 0 Å². The number of halogens is 1. The zero-order chi connectivity index (χ0) is 15.9. The third kappa shape index (κ3) is 4.60. The third-order valence-corrected chi connectivity index (χ3v) is 3.52. The van der Waals surface area contributed by atoms with Crippen LogP contribution in [0.4, 0.5) is 0 Å². The van der Waals surface area contributed by atoms with Crippen molar-refractivity contribution >= 4 is 23.4 Å². The van der Waals surface area contributed by atoms with Gasteiger partial charge in [-0.2, -0.15) is 0 Å². The predicted molar refractivity (Wildman–Crippen MR) is 83.2 cm³/mol. The molecule has 0 atom stereocenters. The number of ketones is 1. The fraction of sp³-hybridized carbons (Fsp3) is 0.176. The second-order valence-electron chi connectivity index (χ2n) is 4.75. The number of ether oxygens (including phenoxy) is 1. The van der Waals surface area contributed by atoms with Gasteiger partial charge < -0.3 is 9.84 Å². The van der Waals surface area contributed by atoms with Crippen molar-refractivity contribution in [1.82, 2.24) is 0 Å². The zero-order valence-corrected chi connectivity index (χ0v) is 12.5. The van der Waals surface area contributed by atoms with Gasteiger partial charge in [0.05, 0.1) is 0 Å². The Balaban J connectivity index is 1.88. The minimum absolute atomic E-state index is 0.00480. The summed E-state index contributed by atoms with van der Waals surface area (Å²) in [4.78, 5) is 21.5. The van der Waals surface area contributed by atoms with Crippen molar-refractivity contribution in [1.29, 1.82) is 0 Å². The van der Waals surface area contributed by atoms with E-state index >= 15 is 0 Å². The Kier molecular flexibility index (Phi) is 5.55. The average molecular weight is 319 g/mol. The summed E-state index contributed by atoms with van der Waals surface area (Å²) >= 11 is 6.05. The number of carboxylic acid groups (broad SMARTS) is 1. The topological polar surface area (TPSA) is 63.6 Å². The van der Waals surface area contributed by atoms with E-state index in [0.29, 0.717) is 23.8 Å². The van der Waals surface area contributed by atoms with E-state index in [0.717, 1.165) is 11.1 Å². The SMILES string of the molecule is O=C(O)C(=O)CCc1ccc(OCc2ccccc2Cl)cc1. The number of aliphatic carboxylic acids is 1. The van der Waals surface area contributed by atoms with E-state index < -0.39 is 11.8 Å². The molecule has 0 spiro atoms. The van der Waals surface area contributed by atoms with Gasteiger partial charge in [-0.1, -0.05) is 41.9 Å². The highest BCUT2D eigenvalue weighted by Gasteiger charge is 2.10. The van der Waals surface area contributed by atoms with Crippen molar-refractivity contribution in [3.63, 3.8) is 0 Å². The molecule has 0 bridgehead atoms. The number of rotatable bonds is 7. The number of carboxylic acids is 1. The van der Waals surface area contributed by atoms with E-state index in [1.807, 2.05) is 36.4 Å². The summed E-state index contributed by atoms with van der Waals surface area (Å²) in [5, 5.41) is 9.18. The molecule has 114 valence electrons. The van der Waals surface area contributed by atoms with E-state index in [4.69, 9.17) is 21.4 Å². The first-order valence-electron chi connectivity index (χ1n) is 6.77. The number of carbonyl (C=O) groups excluding carboxylic acids is 1. The van der Waals surface area contributed by atoms with Crippen molar-refractivity contribution in [2.45, 2.75) is 19.4 Å². The molecule has 0 saturated carbocycles. The second kappa shape index (κ2) is 7.61. The molecule has 0 unspecified atom stereocenters. The normalized spacial score (nSPS) is 10.2. The van der Waals surface area contributed by atoms with Crippen LogP contribution in [0.3, 0.4) is 0 Å². The number of hydrogen-bond donors (Lipinski definition) is 1. The number of Topliss-reactive ketones (excluding diaryl/α,β-unsaturated/α-hetero) is 1. The van der Waals surface area contributed by atoms with Crippen LogP contribution in [0, 0.1) is 0 Å². The number of aryl methyl sites for hydroxylation is 1. The number of hydrogen-bond acceptors (Lipinski definition) is 3. The molecule has 22 heavy (non-hydrogen) atoms. The van der Waals surface area contributed by atoms with Gasteiger partial charge in [-0.25, -0.2) is 4.79 Å². The van der Waals surface area contributed by atoms with Gasteiger partial charge >= 0.3 is 5.97 Å². The third-order valence-electron chi connectivity index (χ3n) is 3.15. The lowest BCUT2D eigenvalue weighted by molar-refractivity contribution is -0.149. The van der Waals surface area contributed by atoms with Crippen molar-refractivity contribution in [3.05, 3.63) is 64.7 Å². The summed E-state index contributed by atoms with van der Waals surface area (Å²) in [7, 11) is 0. The van der Waals surface area contributed by atoms with E-state index in [2.05, 4.69) is 0 Å². The van der Waals surface area contributed by atoms with Crippen LogP contribution in [0.25, 0.3) is 0 Å². The van der Waals surface area contributed by atoms with Crippen LogP contribution in [-0.4, -0.2) is 16.9 Å². The fourth-order valence-electron chi connectivity index (χ4n) is 1.89. The fourth-order valence-corrected chi connectivity index (χ4v) is 2.08. The molecule has 0 heterocycles. The molecular weight excluding hydrogens is 304 g/mol. The Morgan fingerprint density at radius 3 is 2.36 bits per heavy atom. The van der Waals surface area contributed by atoms with Gasteiger partial charge in [0, 0.05) is 17.0 Å². The maximum absolute atomic E-state index is 11.0. The monoisotopic (exact) mass is 318 g/mol. The van der Waals surface area contributed by atoms with Crippen LogP contribution >= 0.6 is 11.6 Å². The quantitative estimate of drug-likeness (QED) is 0.794. The van der Waals surface area contributed by atoms with E-state index in [1.165, 1.54) is 0 Å². The molecule has 0 aliphatic carbocycles. The van der Waals surface area contributed by atoms with Gasteiger partial charge in [-0.15, -0.1) is 0 Å². The molecule has 0 fully saturated rings. The maximum Gasteiger partial charge on any atom is 0.372 e. The predicted octanol–water partition coefficient (Wildman–Crippen LogP) is 3.51. The lowest BCUT2D eigenvalue weighted by Gasteiger charge is -2.08. The highest BCUT2D eigenvalue weighted by Crippen LogP contribution is 2.19. The summed E-state index contributed by atoms with van der Waals surface area (Å²) in [6.07, 6.45) is 0.394. The van der Waals surface area contributed by atoms with Crippen LogP contribution in [0.5, 0.6) is 5.75 Å². The highest BCUT2D eigenvalue weighted by atomic mass is 35.5. The Bertz CT molecular complexity index is 665. The van der Waals surface area contributed by atoms with Crippen LogP contribution in [0.15, 0.2) is 48.5 Å². The van der Waals surface area contributed by atoms with Crippen LogP contribution in [-0.2, 0) is 22.6 Å². The summed E-state index contributed by atoms with van der Waals surface area (Å²) in [5.41, 5.74) is 1.79. The molecule has 0 saturated heterocycles. The van der Waals surface area contributed by atoms with Gasteiger partial charge in [-0.3, -0.25) is 4.79 Å². The minimum atomic E-state index is -1.39. The van der Waals surface area contributed by atoms with Gasteiger partial charge in [0.25, 0.3) is 0 Å². The molecule has 2 rings (SSSR count). The minimum Gasteiger partial charge on any atom is -0.489 e. The van der Waals surface area contributed by atoms with E-state index in [9.17, 15) is 9.59 Å².